The summed E-state index contributed by atoms with van der Waals surface area (Å²) in [5.41, 5.74) is 0. The number of nitrogens with zero attached hydrogens (tertiary/aromatic N) is 2. The number of ether oxygens (including phenoxy) is 1. The summed E-state index contributed by atoms with van der Waals surface area (Å²) in [4.78, 5) is 27.1. The van der Waals surface area contributed by atoms with Crippen molar-refractivity contribution in [2.45, 2.75) is 19.8 Å². The summed E-state index contributed by atoms with van der Waals surface area (Å²) < 4.78 is 5.24. The van der Waals surface area contributed by atoms with Crippen LogP contribution in [0.2, 0.25) is 0 Å². The van der Waals surface area contributed by atoms with Gasteiger partial charge < -0.3 is 15.0 Å². The van der Waals surface area contributed by atoms with Crippen LogP contribution in [0.4, 0.5) is 0 Å². The van der Waals surface area contributed by atoms with E-state index in [0.29, 0.717) is 13.1 Å². The highest BCUT2D eigenvalue weighted by molar-refractivity contribution is 6.34. The van der Waals surface area contributed by atoms with Crippen molar-refractivity contribution in [3.63, 3.8) is 0 Å². The van der Waals surface area contributed by atoms with Crippen LogP contribution in [0, 0.1) is 0 Å². The Morgan fingerprint density at radius 1 is 1.32 bits per heavy atom. The summed E-state index contributed by atoms with van der Waals surface area (Å²) in [7, 11) is 1.67. The molecule has 1 aliphatic heterocycles. The van der Waals surface area contributed by atoms with Crippen molar-refractivity contribution in [3.8, 4) is 0 Å². The smallest absolute Gasteiger partial charge is 0.311 e. The van der Waals surface area contributed by atoms with Gasteiger partial charge in [0.1, 0.15) is 0 Å². The first kappa shape index (κ1) is 15.9. The van der Waals surface area contributed by atoms with Gasteiger partial charge in [-0.3, -0.25) is 14.5 Å². The molecule has 0 saturated carbocycles. The van der Waals surface area contributed by atoms with Gasteiger partial charge in [-0.25, -0.2) is 0 Å². The maximum Gasteiger partial charge on any atom is 0.311 e. The van der Waals surface area contributed by atoms with E-state index in [1.807, 2.05) is 0 Å². The van der Waals surface area contributed by atoms with Gasteiger partial charge in [-0.1, -0.05) is 13.3 Å². The van der Waals surface area contributed by atoms with Crippen molar-refractivity contribution in [1.29, 1.82) is 0 Å². The fraction of sp³-hybridized carbons (Fsp3) is 0.846. The second-order valence-electron chi connectivity index (χ2n) is 4.79. The van der Waals surface area contributed by atoms with Crippen molar-refractivity contribution in [2.75, 3.05) is 53.0 Å². The molecule has 1 fully saturated rings. The molecule has 0 aromatic rings. The van der Waals surface area contributed by atoms with Crippen LogP contribution in [0.15, 0.2) is 0 Å². The lowest BCUT2D eigenvalue weighted by atomic mass is 10.3. The van der Waals surface area contributed by atoms with Crippen molar-refractivity contribution >= 4 is 11.8 Å². The molecule has 0 aromatic heterocycles. The Hall–Kier alpha value is -1.14. The molecule has 110 valence electrons. The highest BCUT2D eigenvalue weighted by Gasteiger charge is 2.18. The Morgan fingerprint density at radius 2 is 2.00 bits per heavy atom. The molecule has 6 nitrogen and oxygen atoms in total. The van der Waals surface area contributed by atoms with Crippen LogP contribution in [0.5, 0.6) is 0 Å². The molecular formula is C13H25N3O3. The number of carbonyl (C=O) groups is 2. The molecule has 0 atom stereocenters. The fourth-order valence-electron chi connectivity index (χ4n) is 1.90. The third-order valence-corrected chi connectivity index (χ3v) is 3.21. The topological polar surface area (TPSA) is 61.9 Å². The average Bonchev–Trinajstić information content (AvgIpc) is 2.44. The molecule has 1 saturated heterocycles. The first-order valence-corrected chi connectivity index (χ1v) is 6.98. The highest BCUT2D eigenvalue weighted by atomic mass is 16.5. The van der Waals surface area contributed by atoms with Crippen LogP contribution in [0.25, 0.3) is 0 Å². The number of unbranched alkanes of at least 4 members (excludes halogenated alkanes) is 1. The maximum atomic E-state index is 11.7. The Labute approximate surface area is 115 Å². The van der Waals surface area contributed by atoms with Crippen molar-refractivity contribution in [2.24, 2.45) is 0 Å². The van der Waals surface area contributed by atoms with Gasteiger partial charge in [-0.05, 0) is 6.42 Å². The molecule has 0 aromatic carbocycles. The van der Waals surface area contributed by atoms with Crippen LogP contribution < -0.4 is 5.32 Å². The van der Waals surface area contributed by atoms with E-state index in [-0.39, 0.29) is 0 Å². The maximum absolute atomic E-state index is 11.7. The minimum atomic E-state index is -0.508. The lowest BCUT2D eigenvalue weighted by molar-refractivity contribution is -0.145. The number of hydrogen-bond acceptors (Lipinski definition) is 4. The summed E-state index contributed by atoms with van der Waals surface area (Å²) in [5, 5.41) is 2.67. The Balaban J connectivity index is 2.16. The lowest BCUT2D eigenvalue weighted by Gasteiger charge is -2.26. The quantitative estimate of drug-likeness (QED) is 0.673. The SMILES string of the molecule is CCCCN(C)C(=O)C(=O)NCCN1CCOCC1. The number of carbonyl (C=O) groups excluding carboxylic acids is 2. The number of hydrogen-bond donors (Lipinski definition) is 1. The van der Waals surface area contributed by atoms with Crippen LogP contribution in [0.3, 0.4) is 0 Å². The summed E-state index contributed by atoms with van der Waals surface area (Å²) in [5.74, 6) is -0.956. The third kappa shape index (κ3) is 6.02. The van der Waals surface area contributed by atoms with Gasteiger partial charge in [0.25, 0.3) is 0 Å². The zero-order valence-electron chi connectivity index (χ0n) is 12.0. The molecule has 19 heavy (non-hydrogen) atoms. The van der Waals surface area contributed by atoms with Crippen LogP contribution in [-0.2, 0) is 14.3 Å². The molecule has 0 aliphatic carbocycles. The normalized spacial score (nSPS) is 16.1. The molecule has 0 bridgehead atoms. The summed E-state index contributed by atoms with van der Waals surface area (Å²) in [6.07, 6.45) is 1.93. The van der Waals surface area contributed by atoms with Gasteiger partial charge >= 0.3 is 11.8 Å². The first-order chi connectivity index (χ1) is 9.15. The predicted molar refractivity (Wildman–Crippen MR) is 72.8 cm³/mol. The molecular weight excluding hydrogens is 246 g/mol. The molecule has 1 aliphatic rings. The van der Waals surface area contributed by atoms with E-state index < -0.39 is 11.8 Å². The highest BCUT2D eigenvalue weighted by Crippen LogP contribution is 1.95. The van der Waals surface area contributed by atoms with Gasteiger partial charge in [0, 0.05) is 39.8 Å². The van der Waals surface area contributed by atoms with Gasteiger partial charge in [0.2, 0.25) is 0 Å². The van der Waals surface area contributed by atoms with Crippen LogP contribution in [0.1, 0.15) is 19.8 Å². The van der Waals surface area contributed by atoms with Crippen molar-refractivity contribution < 1.29 is 14.3 Å². The Bertz CT molecular complexity index is 291. The standard InChI is InChI=1S/C13H25N3O3/c1-3-4-6-15(2)13(18)12(17)14-5-7-16-8-10-19-11-9-16/h3-11H2,1-2H3,(H,14,17). The number of likely N-dealkylation sites (N-methyl/N-ethyl adjacent to an activating group) is 1. The molecule has 0 unspecified atom stereocenters. The molecule has 1 heterocycles. The van der Waals surface area contributed by atoms with Crippen LogP contribution >= 0.6 is 0 Å². The van der Waals surface area contributed by atoms with E-state index in [2.05, 4.69) is 17.1 Å². The van der Waals surface area contributed by atoms with E-state index in [0.717, 1.165) is 45.7 Å². The number of nitrogens with one attached hydrogen (secondary N) is 1. The van der Waals surface area contributed by atoms with E-state index in [1.165, 1.54) is 4.90 Å². The van der Waals surface area contributed by atoms with Gasteiger partial charge in [0.15, 0.2) is 0 Å². The number of rotatable bonds is 6. The van der Waals surface area contributed by atoms with Gasteiger partial charge in [0.05, 0.1) is 13.2 Å². The fourth-order valence-corrected chi connectivity index (χ4v) is 1.90. The third-order valence-electron chi connectivity index (χ3n) is 3.21. The predicted octanol–water partition coefficient (Wildman–Crippen LogP) is -0.307. The van der Waals surface area contributed by atoms with Crippen molar-refractivity contribution in [1.82, 2.24) is 15.1 Å². The molecule has 6 heteroatoms. The zero-order chi connectivity index (χ0) is 14.1. The minimum Gasteiger partial charge on any atom is -0.379 e. The molecule has 1 N–H and O–H groups in total. The first-order valence-electron chi connectivity index (χ1n) is 6.98. The summed E-state index contributed by atoms with van der Waals surface area (Å²) in [6.45, 7) is 7.22. The number of morpholine rings is 1. The minimum absolute atomic E-state index is 0.449. The van der Waals surface area contributed by atoms with E-state index in [1.54, 1.807) is 7.05 Å². The number of amides is 2. The van der Waals surface area contributed by atoms with Crippen molar-refractivity contribution in [3.05, 3.63) is 0 Å². The van der Waals surface area contributed by atoms with E-state index >= 15 is 0 Å². The molecule has 1 rings (SSSR count). The second kappa shape index (κ2) is 8.87. The summed E-state index contributed by atoms with van der Waals surface area (Å²) in [6, 6.07) is 0. The van der Waals surface area contributed by atoms with Gasteiger partial charge in [-0.2, -0.15) is 0 Å². The largest absolute Gasteiger partial charge is 0.379 e. The van der Waals surface area contributed by atoms with Crippen LogP contribution in [-0.4, -0.2) is 74.6 Å². The molecule has 2 amide bonds. The molecule has 0 spiro atoms. The Kier molecular flexibility index (Phi) is 7.43. The zero-order valence-corrected chi connectivity index (χ0v) is 12.0. The Morgan fingerprint density at radius 3 is 2.63 bits per heavy atom. The molecule has 0 radical (unpaired) electrons. The van der Waals surface area contributed by atoms with Gasteiger partial charge in [-0.15, -0.1) is 0 Å². The second-order valence-corrected chi connectivity index (χ2v) is 4.79. The summed E-state index contributed by atoms with van der Waals surface area (Å²) >= 11 is 0. The average molecular weight is 271 g/mol. The van der Waals surface area contributed by atoms with E-state index in [4.69, 9.17) is 4.74 Å². The lowest BCUT2D eigenvalue weighted by Crippen LogP contribution is -2.45. The monoisotopic (exact) mass is 271 g/mol. The van der Waals surface area contributed by atoms with E-state index in [9.17, 15) is 9.59 Å².